The molecule has 0 aromatic heterocycles. The number of carbonyl (C=O) groups is 2. The molecule has 1 unspecified atom stereocenters. The summed E-state index contributed by atoms with van der Waals surface area (Å²) < 4.78 is 19.4. The average molecular weight is 377 g/mol. The lowest BCUT2D eigenvalue weighted by Crippen LogP contribution is -2.50. The van der Waals surface area contributed by atoms with Crippen molar-refractivity contribution in [3.8, 4) is 0 Å². The lowest BCUT2D eigenvalue weighted by molar-refractivity contribution is -0.136. The standard InChI is InChI=1S/C14H20NO9P/c1-9(12(17)13(18)11(16)8-24-25(20,21)22)15-14(19)23-7-10-5-3-2-4-6-10/h2-6,9,12-13,17-18H,7-8H2,1H3,(H,15,19)(H2,20,21,22)/t9-,12?,13+/m0/s1. The normalized spacial score (nSPS) is 15.1. The Kier molecular flexibility index (Phi) is 8.17. The lowest BCUT2D eigenvalue weighted by Gasteiger charge is -2.23. The molecule has 0 saturated carbocycles. The quantitative estimate of drug-likeness (QED) is 0.364. The number of hydrogen-bond acceptors (Lipinski definition) is 7. The molecule has 0 saturated heterocycles. The fourth-order valence-corrected chi connectivity index (χ4v) is 2.03. The first-order chi connectivity index (χ1) is 11.6. The van der Waals surface area contributed by atoms with Crippen molar-refractivity contribution in [2.45, 2.75) is 31.8 Å². The Labute approximate surface area is 143 Å². The van der Waals surface area contributed by atoms with Crippen molar-refractivity contribution in [2.75, 3.05) is 6.61 Å². The fourth-order valence-electron chi connectivity index (χ4n) is 1.73. The van der Waals surface area contributed by atoms with Crippen molar-refractivity contribution < 1.29 is 43.4 Å². The van der Waals surface area contributed by atoms with Crippen LogP contribution < -0.4 is 5.32 Å². The third kappa shape index (κ3) is 8.21. The Balaban J connectivity index is 2.43. The molecule has 0 bridgehead atoms. The van der Waals surface area contributed by atoms with Crippen LogP contribution in [0.3, 0.4) is 0 Å². The Morgan fingerprint density at radius 3 is 2.36 bits per heavy atom. The maximum absolute atomic E-state index is 11.6. The molecule has 10 nitrogen and oxygen atoms in total. The van der Waals surface area contributed by atoms with Gasteiger partial charge in [0.15, 0.2) is 5.78 Å². The minimum Gasteiger partial charge on any atom is -0.445 e. The van der Waals surface area contributed by atoms with Crippen molar-refractivity contribution >= 4 is 19.7 Å². The first-order valence-corrected chi connectivity index (χ1v) is 8.69. The number of ketones is 1. The van der Waals surface area contributed by atoms with Crippen molar-refractivity contribution in [1.29, 1.82) is 0 Å². The van der Waals surface area contributed by atoms with Crippen LogP contribution in [0.4, 0.5) is 4.79 Å². The highest BCUT2D eigenvalue weighted by molar-refractivity contribution is 7.46. The number of rotatable bonds is 9. The van der Waals surface area contributed by atoms with E-state index in [2.05, 4.69) is 9.84 Å². The van der Waals surface area contributed by atoms with E-state index in [1.807, 2.05) is 0 Å². The Hall–Kier alpha value is -1.81. The Morgan fingerprint density at radius 1 is 1.20 bits per heavy atom. The third-order valence-corrected chi connectivity index (χ3v) is 3.56. The van der Waals surface area contributed by atoms with E-state index in [9.17, 15) is 24.4 Å². The van der Waals surface area contributed by atoms with Gasteiger partial charge in [0.2, 0.25) is 0 Å². The van der Waals surface area contributed by atoms with Gasteiger partial charge < -0.3 is 30.1 Å². The number of aliphatic hydroxyl groups is 2. The molecule has 1 aromatic rings. The van der Waals surface area contributed by atoms with Gasteiger partial charge in [0, 0.05) is 0 Å². The summed E-state index contributed by atoms with van der Waals surface area (Å²) in [6, 6.07) is 7.76. The monoisotopic (exact) mass is 377 g/mol. The maximum atomic E-state index is 11.6. The number of Topliss-reactive ketones (excluding diaryl/α,β-unsaturated/α-hetero) is 1. The largest absolute Gasteiger partial charge is 0.470 e. The summed E-state index contributed by atoms with van der Waals surface area (Å²) in [5.41, 5.74) is 0.746. The number of aliphatic hydroxyl groups excluding tert-OH is 2. The van der Waals surface area contributed by atoms with E-state index in [0.717, 1.165) is 5.56 Å². The summed E-state index contributed by atoms with van der Waals surface area (Å²) in [6.45, 7) is 0.218. The summed E-state index contributed by atoms with van der Waals surface area (Å²) in [6.07, 6.45) is -4.60. The summed E-state index contributed by atoms with van der Waals surface area (Å²) in [5.74, 6) is -1.15. The highest BCUT2D eigenvalue weighted by Crippen LogP contribution is 2.35. The molecule has 140 valence electrons. The number of amides is 1. The molecule has 1 amide bonds. The van der Waals surface area contributed by atoms with Gasteiger partial charge in [-0.3, -0.25) is 9.32 Å². The van der Waals surface area contributed by atoms with Gasteiger partial charge in [0.05, 0.1) is 6.04 Å². The van der Waals surface area contributed by atoms with E-state index in [0.29, 0.717) is 0 Å². The molecule has 0 radical (unpaired) electrons. The van der Waals surface area contributed by atoms with Crippen LogP contribution in [0, 0.1) is 0 Å². The number of alkyl carbamates (subject to hydrolysis) is 1. The van der Waals surface area contributed by atoms with Crippen molar-refractivity contribution in [3.05, 3.63) is 35.9 Å². The smallest absolute Gasteiger partial charge is 0.445 e. The van der Waals surface area contributed by atoms with Gasteiger partial charge in [-0.15, -0.1) is 0 Å². The predicted molar refractivity (Wildman–Crippen MR) is 84.2 cm³/mol. The molecule has 0 aliphatic heterocycles. The van der Waals surface area contributed by atoms with Gasteiger partial charge in [0.1, 0.15) is 25.4 Å². The molecular formula is C14H20NO9P. The van der Waals surface area contributed by atoms with E-state index in [1.165, 1.54) is 6.92 Å². The second-order valence-electron chi connectivity index (χ2n) is 5.16. The molecular weight excluding hydrogens is 357 g/mol. The SMILES string of the molecule is C[C@H](NC(=O)OCc1ccccc1)C(O)[C@H](O)C(=O)COP(=O)(O)O. The van der Waals surface area contributed by atoms with Crippen molar-refractivity contribution in [1.82, 2.24) is 5.32 Å². The van der Waals surface area contributed by atoms with E-state index in [-0.39, 0.29) is 6.61 Å². The van der Waals surface area contributed by atoms with Gasteiger partial charge in [-0.25, -0.2) is 9.36 Å². The number of phosphoric ester groups is 1. The zero-order valence-corrected chi connectivity index (χ0v) is 14.2. The van der Waals surface area contributed by atoms with Gasteiger partial charge in [0.25, 0.3) is 0 Å². The molecule has 3 atom stereocenters. The van der Waals surface area contributed by atoms with Gasteiger partial charge in [-0.1, -0.05) is 30.3 Å². The first kappa shape index (κ1) is 21.2. The number of benzene rings is 1. The molecule has 0 fully saturated rings. The molecule has 0 spiro atoms. The minimum atomic E-state index is -4.88. The summed E-state index contributed by atoms with van der Waals surface area (Å²) in [7, 11) is -4.88. The van der Waals surface area contributed by atoms with Gasteiger partial charge in [-0.2, -0.15) is 0 Å². The Morgan fingerprint density at radius 2 is 1.80 bits per heavy atom. The number of hydrogen-bond donors (Lipinski definition) is 5. The topological polar surface area (TPSA) is 163 Å². The highest BCUT2D eigenvalue weighted by Gasteiger charge is 2.31. The second-order valence-corrected chi connectivity index (χ2v) is 6.40. The van der Waals surface area contributed by atoms with Crippen molar-refractivity contribution in [2.24, 2.45) is 0 Å². The first-order valence-electron chi connectivity index (χ1n) is 7.16. The Bertz CT molecular complexity index is 618. The summed E-state index contributed by atoms with van der Waals surface area (Å²) >= 11 is 0. The zero-order valence-electron chi connectivity index (χ0n) is 13.3. The van der Waals surface area contributed by atoms with Crippen molar-refractivity contribution in [3.63, 3.8) is 0 Å². The predicted octanol–water partition coefficient (Wildman–Crippen LogP) is -0.298. The van der Waals surface area contributed by atoms with Crippen LogP contribution in [-0.4, -0.2) is 56.7 Å². The van der Waals surface area contributed by atoms with Crippen LogP contribution in [-0.2, 0) is 25.2 Å². The fraction of sp³-hybridized carbons (Fsp3) is 0.429. The summed E-state index contributed by atoms with van der Waals surface area (Å²) in [4.78, 5) is 40.1. The van der Waals surface area contributed by atoms with Gasteiger partial charge >= 0.3 is 13.9 Å². The molecule has 1 rings (SSSR count). The summed E-state index contributed by atoms with van der Waals surface area (Å²) in [5, 5.41) is 21.7. The van der Waals surface area contributed by atoms with Crippen LogP contribution >= 0.6 is 7.82 Å². The maximum Gasteiger partial charge on any atom is 0.470 e. The van der Waals surface area contributed by atoms with Crippen LogP contribution in [0.15, 0.2) is 30.3 Å². The molecule has 0 heterocycles. The van der Waals surface area contributed by atoms with Gasteiger partial charge in [-0.05, 0) is 12.5 Å². The molecule has 0 aliphatic rings. The zero-order chi connectivity index (χ0) is 19.0. The number of phosphoric acid groups is 1. The lowest BCUT2D eigenvalue weighted by atomic mass is 10.0. The van der Waals surface area contributed by atoms with Crippen LogP contribution in [0.1, 0.15) is 12.5 Å². The molecule has 25 heavy (non-hydrogen) atoms. The minimum absolute atomic E-state index is 0.00685. The number of nitrogens with one attached hydrogen (secondary N) is 1. The van der Waals surface area contributed by atoms with Crippen LogP contribution in [0.2, 0.25) is 0 Å². The molecule has 11 heteroatoms. The second kappa shape index (κ2) is 9.62. The third-order valence-electron chi connectivity index (χ3n) is 3.10. The molecule has 5 N–H and O–H groups in total. The van der Waals surface area contributed by atoms with E-state index in [1.54, 1.807) is 30.3 Å². The highest BCUT2D eigenvalue weighted by atomic mass is 31.2. The molecule has 1 aromatic carbocycles. The number of ether oxygens (including phenoxy) is 1. The van der Waals surface area contributed by atoms with Crippen LogP contribution in [0.5, 0.6) is 0 Å². The molecule has 0 aliphatic carbocycles. The average Bonchev–Trinajstić information content (AvgIpc) is 2.56. The van der Waals surface area contributed by atoms with E-state index >= 15 is 0 Å². The van der Waals surface area contributed by atoms with Crippen LogP contribution in [0.25, 0.3) is 0 Å². The van der Waals surface area contributed by atoms with E-state index in [4.69, 9.17) is 14.5 Å². The van der Waals surface area contributed by atoms with E-state index < -0.39 is 44.6 Å². The number of carbonyl (C=O) groups excluding carboxylic acids is 2.